The van der Waals surface area contributed by atoms with Crippen LogP contribution in [0.1, 0.15) is 29.6 Å². The van der Waals surface area contributed by atoms with Crippen LogP contribution in [0, 0.1) is 11.4 Å². The number of piperidine rings is 1. The minimum atomic E-state index is -5.08. The summed E-state index contributed by atoms with van der Waals surface area (Å²) in [5, 5.41) is 7.12. The largest absolute Gasteiger partial charge is 0.490 e. The number of likely N-dealkylation sites (tertiary alicyclic amines) is 1. The Kier molecular flexibility index (Phi) is 8.41. The number of halogens is 4. The molecule has 3 rings (SSSR count). The number of carbonyl (C=O) groups excluding carboxylic acids is 1. The van der Waals surface area contributed by atoms with Crippen molar-refractivity contribution in [3.63, 3.8) is 0 Å². The Bertz CT molecular complexity index is 965. The average molecular weight is 499 g/mol. The van der Waals surface area contributed by atoms with Crippen LogP contribution in [0.4, 0.5) is 17.6 Å². The standard InChI is InChI=1S/C17H24FN3O4S.C2HF3O2/c1-25-11-14-10-17(12-21(14)26(2,23)24)4-7-20(8-5-17)16(22)13-3-6-19-15(18)9-13;3-2(4,5)1(6)7/h3,6,9,14H,4-5,7-8,10-12H2,1-2H3;(H,6,7). The van der Waals surface area contributed by atoms with Crippen LogP contribution >= 0.6 is 0 Å². The van der Waals surface area contributed by atoms with Crippen LogP contribution < -0.4 is 0 Å². The normalized spacial score (nSPS) is 20.9. The molecule has 1 N–H and O–H groups in total. The molecule has 1 aromatic heterocycles. The summed E-state index contributed by atoms with van der Waals surface area (Å²) in [4.78, 5) is 26.6. The highest BCUT2D eigenvalue weighted by molar-refractivity contribution is 7.88. The summed E-state index contributed by atoms with van der Waals surface area (Å²) < 4.78 is 75.9. The number of carbonyl (C=O) groups is 2. The van der Waals surface area contributed by atoms with Crippen molar-refractivity contribution in [2.75, 3.05) is 39.6 Å². The number of carboxylic acids is 1. The second-order valence-electron chi connectivity index (χ2n) is 8.08. The number of methoxy groups -OCH3 is 1. The third-order valence-corrected chi connectivity index (χ3v) is 6.96. The monoisotopic (exact) mass is 499 g/mol. The van der Waals surface area contributed by atoms with Gasteiger partial charge in [-0.1, -0.05) is 0 Å². The zero-order chi connectivity index (χ0) is 25.0. The van der Waals surface area contributed by atoms with Crippen LogP contribution in [0.2, 0.25) is 0 Å². The third-order valence-electron chi connectivity index (χ3n) is 5.68. The molecule has 33 heavy (non-hydrogen) atoms. The number of sulfonamides is 1. The molecule has 1 spiro atoms. The van der Waals surface area contributed by atoms with Crippen molar-refractivity contribution in [3.05, 3.63) is 29.8 Å². The van der Waals surface area contributed by atoms with Gasteiger partial charge in [-0.15, -0.1) is 0 Å². The van der Waals surface area contributed by atoms with E-state index in [1.54, 1.807) is 12.0 Å². The van der Waals surface area contributed by atoms with E-state index < -0.39 is 28.1 Å². The summed E-state index contributed by atoms with van der Waals surface area (Å²) in [6.07, 6.45) is -0.396. The summed E-state index contributed by atoms with van der Waals surface area (Å²) in [6.45, 7) is 1.89. The second-order valence-corrected chi connectivity index (χ2v) is 10.0. The molecule has 14 heteroatoms. The van der Waals surface area contributed by atoms with Crippen molar-refractivity contribution in [2.24, 2.45) is 5.41 Å². The van der Waals surface area contributed by atoms with Crippen molar-refractivity contribution in [2.45, 2.75) is 31.5 Å². The number of rotatable bonds is 4. The van der Waals surface area contributed by atoms with E-state index in [1.165, 1.54) is 22.8 Å². The number of hydrogen-bond donors (Lipinski definition) is 1. The molecule has 9 nitrogen and oxygen atoms in total. The SMILES string of the molecule is COCC1CC2(CCN(C(=O)c3ccnc(F)c3)CC2)CN1S(C)(=O)=O.O=C(O)C(F)(F)F. The molecule has 0 bridgehead atoms. The fraction of sp³-hybridized carbons (Fsp3) is 0.632. The fourth-order valence-corrected chi connectivity index (χ4v) is 5.30. The molecule has 1 atom stereocenters. The Morgan fingerprint density at radius 1 is 1.30 bits per heavy atom. The summed E-state index contributed by atoms with van der Waals surface area (Å²) in [7, 11) is -1.73. The van der Waals surface area contributed by atoms with Crippen LogP contribution in [-0.4, -0.2) is 91.4 Å². The summed E-state index contributed by atoms with van der Waals surface area (Å²) in [5.41, 5.74) is 0.155. The zero-order valence-electron chi connectivity index (χ0n) is 18.0. The van der Waals surface area contributed by atoms with Gasteiger partial charge in [0.1, 0.15) is 0 Å². The van der Waals surface area contributed by atoms with Gasteiger partial charge in [0.15, 0.2) is 0 Å². The van der Waals surface area contributed by atoms with Crippen molar-refractivity contribution in [1.29, 1.82) is 0 Å². The van der Waals surface area contributed by atoms with Gasteiger partial charge >= 0.3 is 12.1 Å². The number of ether oxygens (including phenoxy) is 1. The van der Waals surface area contributed by atoms with Gasteiger partial charge in [0.2, 0.25) is 16.0 Å². The van der Waals surface area contributed by atoms with E-state index in [2.05, 4.69) is 4.98 Å². The van der Waals surface area contributed by atoms with Crippen LogP contribution in [-0.2, 0) is 19.6 Å². The molecule has 1 amide bonds. The number of aromatic nitrogens is 1. The van der Waals surface area contributed by atoms with Crippen LogP contribution in [0.3, 0.4) is 0 Å². The third kappa shape index (κ3) is 7.08. The van der Waals surface area contributed by atoms with E-state index in [-0.39, 0.29) is 22.9 Å². The highest BCUT2D eigenvalue weighted by Crippen LogP contribution is 2.44. The van der Waals surface area contributed by atoms with Gasteiger partial charge in [-0.05, 0) is 30.7 Å². The lowest BCUT2D eigenvalue weighted by Crippen LogP contribution is -2.44. The molecule has 2 aliphatic heterocycles. The molecule has 2 fully saturated rings. The van der Waals surface area contributed by atoms with E-state index in [0.717, 1.165) is 25.3 Å². The van der Waals surface area contributed by atoms with Gasteiger partial charge < -0.3 is 14.7 Å². The summed E-state index contributed by atoms with van der Waals surface area (Å²) in [5.74, 6) is -3.65. The maximum atomic E-state index is 13.2. The molecular formula is C19H25F4N3O6S. The predicted octanol–water partition coefficient (Wildman–Crippen LogP) is 1.76. The van der Waals surface area contributed by atoms with Crippen molar-refractivity contribution >= 4 is 21.9 Å². The average Bonchev–Trinajstić information content (AvgIpc) is 3.06. The lowest BCUT2D eigenvalue weighted by atomic mass is 9.76. The maximum absolute atomic E-state index is 13.2. The van der Waals surface area contributed by atoms with Gasteiger partial charge in [0.25, 0.3) is 5.91 Å². The quantitative estimate of drug-likeness (QED) is 0.496. The summed E-state index contributed by atoms with van der Waals surface area (Å²) >= 11 is 0. The molecular weight excluding hydrogens is 474 g/mol. The number of hydrogen-bond acceptors (Lipinski definition) is 6. The molecule has 0 aliphatic carbocycles. The molecule has 0 radical (unpaired) electrons. The topological polar surface area (TPSA) is 117 Å². The second kappa shape index (κ2) is 10.3. The lowest BCUT2D eigenvalue weighted by Gasteiger charge is -2.39. The number of aliphatic carboxylic acids is 1. The number of amides is 1. The highest BCUT2D eigenvalue weighted by atomic mass is 32.2. The first-order valence-corrected chi connectivity index (χ1v) is 11.7. The molecule has 2 saturated heterocycles. The molecule has 186 valence electrons. The van der Waals surface area contributed by atoms with E-state index in [4.69, 9.17) is 14.6 Å². The Morgan fingerprint density at radius 2 is 1.88 bits per heavy atom. The molecule has 0 aromatic carbocycles. The number of carboxylic acid groups (broad SMARTS) is 1. The van der Waals surface area contributed by atoms with Crippen molar-refractivity contribution in [1.82, 2.24) is 14.2 Å². The number of nitrogens with zero attached hydrogens (tertiary/aromatic N) is 3. The maximum Gasteiger partial charge on any atom is 0.490 e. The van der Waals surface area contributed by atoms with E-state index in [1.807, 2.05) is 0 Å². The Labute approximate surface area is 188 Å². The lowest BCUT2D eigenvalue weighted by molar-refractivity contribution is -0.192. The van der Waals surface area contributed by atoms with E-state index in [9.17, 15) is 30.8 Å². The highest BCUT2D eigenvalue weighted by Gasteiger charge is 2.48. The predicted molar refractivity (Wildman–Crippen MR) is 107 cm³/mol. The zero-order valence-corrected chi connectivity index (χ0v) is 18.8. The van der Waals surface area contributed by atoms with Gasteiger partial charge in [0, 0.05) is 50.6 Å². The van der Waals surface area contributed by atoms with Crippen LogP contribution in [0.5, 0.6) is 0 Å². The summed E-state index contributed by atoms with van der Waals surface area (Å²) in [6, 6.07) is 2.49. The van der Waals surface area contributed by atoms with Gasteiger partial charge in [-0.2, -0.15) is 21.9 Å². The molecule has 0 saturated carbocycles. The fourth-order valence-electron chi connectivity index (χ4n) is 4.11. The first-order valence-electron chi connectivity index (χ1n) is 9.85. The van der Waals surface area contributed by atoms with E-state index in [0.29, 0.717) is 26.2 Å². The molecule has 3 heterocycles. The molecule has 1 aromatic rings. The number of alkyl halides is 3. The van der Waals surface area contributed by atoms with Gasteiger partial charge in [-0.3, -0.25) is 4.79 Å². The Morgan fingerprint density at radius 3 is 2.33 bits per heavy atom. The first-order chi connectivity index (χ1) is 15.2. The van der Waals surface area contributed by atoms with Crippen molar-refractivity contribution in [3.8, 4) is 0 Å². The Hall–Kier alpha value is -2.32. The molecule has 2 aliphatic rings. The van der Waals surface area contributed by atoms with Gasteiger partial charge in [-0.25, -0.2) is 18.2 Å². The first kappa shape index (κ1) is 26.9. The molecule has 1 unspecified atom stereocenters. The van der Waals surface area contributed by atoms with E-state index >= 15 is 0 Å². The minimum Gasteiger partial charge on any atom is -0.475 e. The minimum absolute atomic E-state index is 0.132. The van der Waals surface area contributed by atoms with Crippen LogP contribution in [0.15, 0.2) is 18.3 Å². The smallest absolute Gasteiger partial charge is 0.475 e. The number of pyridine rings is 1. The Balaban J connectivity index is 0.000000479. The van der Waals surface area contributed by atoms with Crippen LogP contribution in [0.25, 0.3) is 0 Å². The van der Waals surface area contributed by atoms with Crippen molar-refractivity contribution < 1.29 is 45.4 Å². The van der Waals surface area contributed by atoms with Gasteiger partial charge in [0.05, 0.1) is 12.9 Å².